The summed E-state index contributed by atoms with van der Waals surface area (Å²) >= 11 is 25.8. The fraction of sp³-hybridized carbons (Fsp3) is 0.375. The molecule has 1 saturated carbocycles. The Balaban J connectivity index is 1.47. The first-order valence-electron chi connectivity index (χ1n) is 11.2. The molecule has 11 heteroatoms. The molecule has 7 nitrogen and oxygen atoms in total. The van der Waals surface area contributed by atoms with Crippen molar-refractivity contribution in [1.29, 1.82) is 0 Å². The molecule has 1 N–H and O–H groups in total. The maximum atomic E-state index is 14.4. The van der Waals surface area contributed by atoms with Gasteiger partial charge in [-0.2, -0.15) is 0 Å². The number of aliphatic imine (C=N–C) groups is 1. The Hall–Kier alpha value is -2.19. The molecule has 2 bridgehead atoms. The highest BCUT2D eigenvalue weighted by molar-refractivity contribution is 6.39. The second-order valence-corrected chi connectivity index (χ2v) is 11.6. The Morgan fingerprint density at radius 2 is 1.77 bits per heavy atom. The number of halogens is 4. The van der Waals surface area contributed by atoms with Crippen LogP contribution in [0.4, 0.5) is 11.4 Å². The standard InChI is InChI=1S/C24H18Cl4N4O3/c1-35-19-14(27)6-11(7-15(19)28)32-20(33)17-16-8-23(2-3-23)9-31(16)22-29-18-12(4-10(25)5-13(18)26)24(17,30-22)21(32)34/h4-7,16-17H,2-3,8-9H2,1H3,(H,29,30). The molecule has 1 aliphatic carbocycles. The molecule has 3 fully saturated rings. The number of imide groups is 1. The van der Waals surface area contributed by atoms with Gasteiger partial charge in [-0.15, -0.1) is 0 Å². The van der Waals surface area contributed by atoms with E-state index < -0.39 is 17.4 Å². The number of guanidine groups is 1. The number of carbonyl (C=O) groups excluding carboxylic acids is 2. The van der Waals surface area contributed by atoms with Gasteiger partial charge in [0, 0.05) is 23.2 Å². The largest absolute Gasteiger partial charge is 0.494 e. The Kier molecular flexibility index (Phi) is 4.39. The van der Waals surface area contributed by atoms with E-state index in [9.17, 15) is 9.59 Å². The molecule has 3 unspecified atom stereocenters. The molecule has 0 aromatic heterocycles. The Labute approximate surface area is 220 Å². The summed E-state index contributed by atoms with van der Waals surface area (Å²) in [6.07, 6.45) is 3.02. The van der Waals surface area contributed by atoms with Gasteiger partial charge in [0.15, 0.2) is 17.2 Å². The van der Waals surface area contributed by atoms with Crippen molar-refractivity contribution in [1.82, 2.24) is 4.90 Å². The molecule has 2 aromatic carbocycles. The fourth-order valence-electron chi connectivity index (χ4n) is 6.35. The number of nitrogens with zero attached hydrogens (tertiary/aromatic N) is 3. The van der Waals surface area contributed by atoms with Gasteiger partial charge in [0.25, 0.3) is 5.91 Å². The normalized spacial score (nSPS) is 29.0. The van der Waals surface area contributed by atoms with Crippen molar-refractivity contribution in [2.75, 3.05) is 23.9 Å². The number of hydrogen-bond donors (Lipinski definition) is 1. The first kappa shape index (κ1) is 22.0. The number of hydrogen-bond acceptors (Lipinski definition) is 6. The van der Waals surface area contributed by atoms with Crippen LogP contribution in [0.2, 0.25) is 20.1 Å². The van der Waals surface area contributed by atoms with Gasteiger partial charge in [-0.1, -0.05) is 46.4 Å². The van der Waals surface area contributed by atoms with Gasteiger partial charge < -0.3 is 15.0 Å². The number of carbonyl (C=O) groups is 2. The third kappa shape index (κ3) is 2.73. The number of rotatable bonds is 2. The van der Waals surface area contributed by atoms with E-state index in [0.29, 0.717) is 27.3 Å². The quantitative estimate of drug-likeness (QED) is 0.510. The minimum absolute atomic E-state index is 0.157. The van der Waals surface area contributed by atoms with E-state index in [1.807, 2.05) is 0 Å². The molecule has 35 heavy (non-hydrogen) atoms. The topological polar surface area (TPSA) is 74.2 Å². The van der Waals surface area contributed by atoms with E-state index in [-0.39, 0.29) is 38.8 Å². The Morgan fingerprint density at radius 1 is 1.06 bits per heavy atom. The lowest BCUT2D eigenvalue weighted by Crippen LogP contribution is -2.59. The average molecular weight is 552 g/mol. The highest BCUT2D eigenvalue weighted by atomic mass is 35.5. The van der Waals surface area contributed by atoms with E-state index in [0.717, 1.165) is 30.7 Å². The molecule has 3 atom stereocenters. The second-order valence-electron chi connectivity index (χ2n) is 9.94. The zero-order valence-corrected chi connectivity index (χ0v) is 21.4. The van der Waals surface area contributed by atoms with Crippen LogP contribution in [0.15, 0.2) is 29.3 Å². The highest BCUT2D eigenvalue weighted by Crippen LogP contribution is 2.63. The number of anilines is 2. The zero-order valence-electron chi connectivity index (χ0n) is 18.4. The Morgan fingerprint density at radius 3 is 2.43 bits per heavy atom. The van der Waals surface area contributed by atoms with Gasteiger partial charge >= 0.3 is 0 Å². The van der Waals surface area contributed by atoms with Crippen LogP contribution in [0, 0.1) is 11.3 Å². The molecule has 0 radical (unpaired) electrons. The molecule has 7 rings (SSSR count). The third-order valence-corrected chi connectivity index (χ3v) is 9.14. The molecule has 180 valence electrons. The number of benzene rings is 2. The summed E-state index contributed by atoms with van der Waals surface area (Å²) in [5, 5.41) is 4.46. The van der Waals surface area contributed by atoms with E-state index in [4.69, 9.17) is 56.1 Å². The predicted octanol–water partition coefficient (Wildman–Crippen LogP) is 5.34. The lowest BCUT2D eigenvalue weighted by molar-refractivity contribution is -0.123. The minimum Gasteiger partial charge on any atom is -0.494 e. The lowest BCUT2D eigenvalue weighted by atomic mass is 9.72. The van der Waals surface area contributed by atoms with E-state index >= 15 is 0 Å². The van der Waals surface area contributed by atoms with Gasteiger partial charge in [-0.25, -0.2) is 9.89 Å². The van der Waals surface area contributed by atoms with Crippen molar-refractivity contribution in [3.8, 4) is 5.75 Å². The van der Waals surface area contributed by atoms with E-state index in [2.05, 4.69) is 10.2 Å². The molecule has 2 amide bonds. The van der Waals surface area contributed by atoms with Crippen LogP contribution < -0.4 is 15.0 Å². The Bertz CT molecular complexity index is 1380. The van der Waals surface area contributed by atoms with Crippen LogP contribution in [-0.2, 0) is 15.1 Å². The summed E-state index contributed by atoms with van der Waals surface area (Å²) in [5.41, 5.74) is 0.00379. The van der Waals surface area contributed by atoms with Gasteiger partial charge in [0.05, 0.1) is 39.5 Å². The summed E-state index contributed by atoms with van der Waals surface area (Å²) < 4.78 is 5.25. The van der Waals surface area contributed by atoms with Crippen LogP contribution >= 0.6 is 46.4 Å². The SMILES string of the molecule is COc1c(Cl)cc(N2C(=O)C3C4CC5(CC5)CN4C4=NC3(C2=O)c2cc(Cl)cc(Cl)c2N4)cc1Cl. The number of nitrogens with one attached hydrogen (secondary N) is 1. The van der Waals surface area contributed by atoms with Crippen molar-refractivity contribution in [3.63, 3.8) is 0 Å². The first-order chi connectivity index (χ1) is 16.7. The first-order valence-corrected chi connectivity index (χ1v) is 12.7. The summed E-state index contributed by atoms with van der Waals surface area (Å²) in [5.74, 6) is -0.712. The summed E-state index contributed by atoms with van der Waals surface area (Å²) in [7, 11) is 1.45. The molecule has 5 aliphatic rings. The molecule has 2 aromatic rings. The van der Waals surface area contributed by atoms with Crippen molar-refractivity contribution in [2.24, 2.45) is 16.3 Å². The van der Waals surface area contributed by atoms with Crippen molar-refractivity contribution < 1.29 is 14.3 Å². The summed E-state index contributed by atoms with van der Waals surface area (Å²) in [4.78, 5) is 36.8. The van der Waals surface area contributed by atoms with Crippen LogP contribution in [0.5, 0.6) is 5.75 Å². The number of fused-ring (bicyclic) bond motifs is 4. The molecule has 2 saturated heterocycles. The van der Waals surface area contributed by atoms with E-state index in [1.165, 1.54) is 19.2 Å². The van der Waals surface area contributed by atoms with Crippen LogP contribution in [-0.4, -0.2) is 42.4 Å². The number of amides is 2. The van der Waals surface area contributed by atoms with Crippen LogP contribution in [0.25, 0.3) is 0 Å². The van der Waals surface area contributed by atoms with Crippen molar-refractivity contribution in [2.45, 2.75) is 30.8 Å². The average Bonchev–Trinajstić information content (AvgIpc) is 3.38. The van der Waals surface area contributed by atoms with Gasteiger partial charge in [-0.3, -0.25) is 9.59 Å². The number of ether oxygens (including phenoxy) is 1. The van der Waals surface area contributed by atoms with Crippen molar-refractivity contribution >= 4 is 75.6 Å². The van der Waals surface area contributed by atoms with Crippen LogP contribution in [0.1, 0.15) is 24.8 Å². The molecule has 2 spiro atoms. The molecular formula is C24H18Cl4N4O3. The maximum absolute atomic E-state index is 14.4. The maximum Gasteiger partial charge on any atom is 0.267 e. The molecule has 4 aliphatic heterocycles. The fourth-order valence-corrected chi connectivity index (χ4v) is 7.52. The van der Waals surface area contributed by atoms with E-state index in [1.54, 1.807) is 12.1 Å². The van der Waals surface area contributed by atoms with Gasteiger partial charge in [0.2, 0.25) is 5.91 Å². The van der Waals surface area contributed by atoms with Crippen molar-refractivity contribution in [3.05, 3.63) is 49.9 Å². The zero-order chi connectivity index (χ0) is 24.4. The minimum atomic E-state index is -1.48. The summed E-state index contributed by atoms with van der Waals surface area (Å²) in [6, 6.07) is 6.15. The third-order valence-electron chi connectivity index (χ3n) is 8.06. The summed E-state index contributed by atoms with van der Waals surface area (Å²) in [6.45, 7) is 0.790. The lowest BCUT2D eigenvalue weighted by Gasteiger charge is -2.46. The molecular weight excluding hydrogens is 534 g/mol. The predicted molar refractivity (Wildman–Crippen MR) is 135 cm³/mol. The highest BCUT2D eigenvalue weighted by Gasteiger charge is 2.71. The smallest absolute Gasteiger partial charge is 0.267 e. The van der Waals surface area contributed by atoms with Gasteiger partial charge in [0.1, 0.15) is 0 Å². The molecule has 4 heterocycles. The van der Waals surface area contributed by atoms with Gasteiger partial charge in [-0.05, 0) is 48.9 Å². The number of methoxy groups -OCH3 is 1. The second kappa shape index (κ2) is 6.97. The van der Waals surface area contributed by atoms with Crippen LogP contribution in [0.3, 0.4) is 0 Å². The monoisotopic (exact) mass is 550 g/mol.